The van der Waals surface area contributed by atoms with Gasteiger partial charge in [-0.2, -0.15) is 0 Å². The highest BCUT2D eigenvalue weighted by Gasteiger charge is 2.27. The summed E-state index contributed by atoms with van der Waals surface area (Å²) >= 11 is 17.1. The first-order valence-corrected chi connectivity index (χ1v) is 5.48. The van der Waals surface area contributed by atoms with Crippen LogP contribution in [0.1, 0.15) is 39.0 Å². The molecule has 0 spiro atoms. The zero-order chi connectivity index (χ0) is 9.61. The maximum atomic E-state index is 5.85. The second-order valence-corrected chi connectivity index (χ2v) is 4.96. The van der Waals surface area contributed by atoms with Gasteiger partial charge >= 0.3 is 0 Å². The molecule has 0 aromatic rings. The summed E-state index contributed by atoms with van der Waals surface area (Å²) < 4.78 is -1.28. The Hall–Kier alpha value is 0.830. The van der Waals surface area contributed by atoms with Gasteiger partial charge < -0.3 is 0 Å². The summed E-state index contributed by atoms with van der Waals surface area (Å²) in [6.07, 6.45) is 5.43. The van der Waals surface area contributed by atoms with Crippen molar-refractivity contribution >= 4 is 34.8 Å². The first kappa shape index (κ1) is 12.8. The van der Waals surface area contributed by atoms with Crippen LogP contribution in [0, 0.1) is 0 Å². The van der Waals surface area contributed by atoms with Gasteiger partial charge in [0.15, 0.2) is 4.46 Å². The minimum Gasteiger partial charge on any atom is -0.299 e. The SMILES string of the molecule is CCCCCCC(Cl)C(N)(Cl)Cl. The summed E-state index contributed by atoms with van der Waals surface area (Å²) in [5.74, 6) is 0. The molecule has 0 aromatic heterocycles. The molecule has 0 fully saturated rings. The highest BCUT2D eigenvalue weighted by atomic mass is 35.5. The lowest BCUT2D eigenvalue weighted by atomic mass is 10.1. The van der Waals surface area contributed by atoms with Gasteiger partial charge in [-0.1, -0.05) is 55.8 Å². The van der Waals surface area contributed by atoms with E-state index in [0.29, 0.717) is 0 Å². The van der Waals surface area contributed by atoms with E-state index in [1.54, 1.807) is 0 Å². The summed E-state index contributed by atoms with van der Waals surface area (Å²) in [6, 6.07) is 0. The molecule has 1 nitrogen and oxygen atoms in total. The minimum atomic E-state index is -1.28. The van der Waals surface area contributed by atoms with Gasteiger partial charge in [-0.15, -0.1) is 11.6 Å². The van der Waals surface area contributed by atoms with Gasteiger partial charge in [-0.25, -0.2) is 0 Å². The zero-order valence-corrected chi connectivity index (χ0v) is 9.59. The van der Waals surface area contributed by atoms with Gasteiger partial charge in [-0.05, 0) is 6.42 Å². The maximum absolute atomic E-state index is 5.85. The topological polar surface area (TPSA) is 26.0 Å². The van der Waals surface area contributed by atoms with Crippen molar-refractivity contribution in [2.75, 3.05) is 0 Å². The molecule has 0 amide bonds. The van der Waals surface area contributed by atoms with E-state index in [9.17, 15) is 0 Å². The number of hydrogen-bond donors (Lipinski definition) is 1. The normalized spacial score (nSPS) is 14.8. The van der Waals surface area contributed by atoms with Gasteiger partial charge in [-0.3, -0.25) is 5.73 Å². The van der Waals surface area contributed by atoms with Crippen LogP contribution in [0.4, 0.5) is 0 Å². The number of unbranched alkanes of at least 4 members (excludes halogenated alkanes) is 3. The van der Waals surface area contributed by atoms with Gasteiger partial charge in [0.25, 0.3) is 0 Å². The molecule has 1 atom stereocenters. The molecule has 0 heterocycles. The van der Waals surface area contributed by atoms with Crippen molar-refractivity contribution < 1.29 is 0 Å². The highest BCUT2D eigenvalue weighted by Crippen LogP contribution is 2.27. The fourth-order valence-electron chi connectivity index (χ4n) is 0.943. The molecule has 0 aliphatic rings. The lowest BCUT2D eigenvalue weighted by Crippen LogP contribution is -2.36. The zero-order valence-electron chi connectivity index (χ0n) is 7.32. The molecule has 0 saturated carbocycles. The fraction of sp³-hybridized carbons (Fsp3) is 1.00. The van der Waals surface area contributed by atoms with Crippen molar-refractivity contribution in [3.05, 3.63) is 0 Å². The maximum Gasteiger partial charge on any atom is 0.182 e. The number of halogens is 3. The molecule has 12 heavy (non-hydrogen) atoms. The Bertz CT molecular complexity index is 111. The molecule has 2 N–H and O–H groups in total. The molecule has 4 heteroatoms. The molecular formula is C8H16Cl3N. The molecule has 0 aliphatic heterocycles. The van der Waals surface area contributed by atoms with E-state index in [1.807, 2.05) is 0 Å². The van der Waals surface area contributed by atoms with Crippen LogP contribution in [0.25, 0.3) is 0 Å². The van der Waals surface area contributed by atoms with E-state index >= 15 is 0 Å². The highest BCUT2D eigenvalue weighted by molar-refractivity contribution is 6.51. The average molecular weight is 233 g/mol. The number of nitrogens with two attached hydrogens (primary N) is 1. The van der Waals surface area contributed by atoms with Gasteiger partial charge in [0.2, 0.25) is 0 Å². The Morgan fingerprint density at radius 2 is 1.83 bits per heavy atom. The molecular weight excluding hydrogens is 216 g/mol. The van der Waals surface area contributed by atoms with Gasteiger partial charge in [0.05, 0.1) is 5.38 Å². The Kier molecular flexibility index (Phi) is 6.75. The summed E-state index contributed by atoms with van der Waals surface area (Å²) in [5, 5.41) is -0.349. The Morgan fingerprint density at radius 1 is 1.25 bits per heavy atom. The third-order valence-corrected chi connectivity index (χ3v) is 3.04. The van der Waals surface area contributed by atoms with Crippen molar-refractivity contribution in [3.8, 4) is 0 Å². The van der Waals surface area contributed by atoms with E-state index < -0.39 is 4.46 Å². The van der Waals surface area contributed by atoms with E-state index in [2.05, 4.69) is 6.92 Å². The Balaban J connectivity index is 3.38. The first-order chi connectivity index (χ1) is 5.48. The minimum absolute atomic E-state index is 0.349. The van der Waals surface area contributed by atoms with Gasteiger partial charge in [0, 0.05) is 0 Å². The average Bonchev–Trinajstić information content (AvgIpc) is 1.96. The van der Waals surface area contributed by atoms with Crippen molar-refractivity contribution in [2.24, 2.45) is 5.73 Å². The summed E-state index contributed by atoms with van der Waals surface area (Å²) in [5.41, 5.74) is 5.39. The Labute approximate surface area is 89.5 Å². The molecule has 0 radical (unpaired) electrons. The Morgan fingerprint density at radius 3 is 2.25 bits per heavy atom. The van der Waals surface area contributed by atoms with Crippen molar-refractivity contribution in [2.45, 2.75) is 48.9 Å². The van der Waals surface area contributed by atoms with Crippen LogP contribution in [0.5, 0.6) is 0 Å². The van der Waals surface area contributed by atoms with Crippen LogP contribution in [0.3, 0.4) is 0 Å². The first-order valence-electron chi connectivity index (χ1n) is 4.29. The second kappa shape index (κ2) is 6.31. The monoisotopic (exact) mass is 231 g/mol. The predicted molar refractivity (Wildman–Crippen MR) is 57.0 cm³/mol. The standard InChI is InChI=1S/C8H16Cl3N/c1-2-3-4-5-6-7(9)8(10,11)12/h7H,2-6,12H2,1H3. The van der Waals surface area contributed by atoms with E-state index in [-0.39, 0.29) is 5.38 Å². The molecule has 74 valence electrons. The smallest absolute Gasteiger partial charge is 0.182 e. The van der Waals surface area contributed by atoms with Crippen LogP contribution >= 0.6 is 34.8 Å². The molecule has 1 unspecified atom stereocenters. The fourth-order valence-corrected chi connectivity index (χ4v) is 1.32. The quantitative estimate of drug-likeness (QED) is 0.422. The van der Waals surface area contributed by atoms with Gasteiger partial charge in [0.1, 0.15) is 0 Å². The lowest BCUT2D eigenvalue weighted by Gasteiger charge is -2.19. The van der Waals surface area contributed by atoms with Crippen LogP contribution in [-0.2, 0) is 0 Å². The van der Waals surface area contributed by atoms with Crippen molar-refractivity contribution in [3.63, 3.8) is 0 Å². The summed E-state index contributed by atoms with van der Waals surface area (Å²) in [7, 11) is 0. The van der Waals surface area contributed by atoms with Crippen LogP contribution < -0.4 is 5.73 Å². The molecule has 0 aliphatic carbocycles. The number of rotatable bonds is 6. The van der Waals surface area contributed by atoms with Crippen molar-refractivity contribution in [1.82, 2.24) is 0 Å². The van der Waals surface area contributed by atoms with E-state index in [4.69, 9.17) is 40.5 Å². The number of alkyl halides is 3. The van der Waals surface area contributed by atoms with Crippen LogP contribution in [-0.4, -0.2) is 9.83 Å². The van der Waals surface area contributed by atoms with E-state index in [0.717, 1.165) is 12.8 Å². The molecule has 0 bridgehead atoms. The molecule has 0 aromatic carbocycles. The molecule has 0 rings (SSSR count). The number of hydrogen-bond acceptors (Lipinski definition) is 1. The second-order valence-electron chi connectivity index (χ2n) is 2.99. The summed E-state index contributed by atoms with van der Waals surface area (Å²) in [6.45, 7) is 2.16. The predicted octanol–water partition coefficient (Wildman–Crippen LogP) is 3.65. The van der Waals surface area contributed by atoms with Crippen LogP contribution in [0.15, 0.2) is 0 Å². The largest absolute Gasteiger partial charge is 0.299 e. The molecule has 0 saturated heterocycles. The van der Waals surface area contributed by atoms with E-state index in [1.165, 1.54) is 19.3 Å². The van der Waals surface area contributed by atoms with Crippen LogP contribution in [0.2, 0.25) is 0 Å². The van der Waals surface area contributed by atoms with Crippen molar-refractivity contribution in [1.29, 1.82) is 0 Å². The summed E-state index contributed by atoms with van der Waals surface area (Å²) in [4.78, 5) is 0. The third kappa shape index (κ3) is 6.36. The lowest BCUT2D eigenvalue weighted by molar-refractivity contribution is 0.587. The third-order valence-electron chi connectivity index (χ3n) is 1.73.